The van der Waals surface area contributed by atoms with E-state index < -0.39 is 17.6 Å². The fourth-order valence-corrected chi connectivity index (χ4v) is 7.01. The van der Waals surface area contributed by atoms with E-state index in [-0.39, 0.29) is 28.1 Å². The number of methoxy groups -OCH3 is 2. The Labute approximate surface area is 224 Å². The van der Waals surface area contributed by atoms with Crippen molar-refractivity contribution in [2.45, 2.75) is 50.0 Å². The van der Waals surface area contributed by atoms with Crippen molar-refractivity contribution < 1.29 is 33.3 Å². The van der Waals surface area contributed by atoms with Gasteiger partial charge in [-0.25, -0.2) is 13.6 Å². The number of aromatic hydroxyl groups is 1. The first-order valence-corrected chi connectivity index (χ1v) is 12.9. The van der Waals surface area contributed by atoms with Gasteiger partial charge in [0.05, 0.1) is 29.2 Å². The monoisotopic (exact) mass is 533 g/mol. The molecule has 2 bridgehead atoms. The number of halogens is 2. The maximum atomic E-state index is 14.9. The van der Waals surface area contributed by atoms with Crippen LogP contribution in [-0.4, -0.2) is 40.6 Å². The summed E-state index contributed by atoms with van der Waals surface area (Å²) in [4.78, 5) is 11.8. The van der Waals surface area contributed by atoms with Crippen LogP contribution in [-0.2, 0) is 10.2 Å². The summed E-state index contributed by atoms with van der Waals surface area (Å²) in [6.45, 7) is 1.73. The Hall–Kier alpha value is -3.91. The van der Waals surface area contributed by atoms with Crippen molar-refractivity contribution in [3.63, 3.8) is 0 Å². The fraction of sp³-hybridized carbons (Fsp3) is 0.323. The van der Waals surface area contributed by atoms with E-state index in [1.165, 1.54) is 19.2 Å². The van der Waals surface area contributed by atoms with E-state index in [2.05, 4.69) is 0 Å². The molecular formula is C31H29F2NO5. The number of phenols is 1. The Morgan fingerprint density at radius 3 is 2.36 bits per heavy atom. The van der Waals surface area contributed by atoms with Crippen molar-refractivity contribution in [2.75, 3.05) is 14.2 Å². The fourth-order valence-electron chi connectivity index (χ4n) is 7.01. The second-order valence-corrected chi connectivity index (χ2v) is 10.9. The van der Waals surface area contributed by atoms with Crippen LogP contribution in [0.5, 0.6) is 11.5 Å². The largest absolute Gasteiger partial charge is 0.507 e. The zero-order valence-electron chi connectivity index (χ0n) is 22.0. The molecule has 4 aromatic rings. The molecule has 1 aromatic heterocycles. The number of aryl methyl sites for hydroxylation is 1. The number of carbonyl (C=O) groups is 1. The molecule has 0 atom stereocenters. The minimum Gasteiger partial charge on any atom is -0.507 e. The van der Waals surface area contributed by atoms with E-state index in [1.807, 2.05) is 4.57 Å². The Morgan fingerprint density at radius 2 is 1.74 bits per heavy atom. The van der Waals surface area contributed by atoms with Gasteiger partial charge >= 0.3 is 5.97 Å². The number of carboxylic acids is 1. The summed E-state index contributed by atoms with van der Waals surface area (Å²) in [5.41, 5.74) is 3.40. The normalized spacial score (nSPS) is 22.1. The molecule has 2 saturated carbocycles. The van der Waals surface area contributed by atoms with Crippen LogP contribution >= 0.6 is 0 Å². The number of rotatable bonds is 6. The summed E-state index contributed by atoms with van der Waals surface area (Å²) in [5.74, 6) is -2.33. The molecule has 2 fully saturated rings. The van der Waals surface area contributed by atoms with E-state index in [9.17, 15) is 23.8 Å². The summed E-state index contributed by atoms with van der Waals surface area (Å²) >= 11 is 0. The number of phenolic OH excluding ortho intramolecular Hbond substituents is 1. The Bertz CT molecular complexity index is 1650. The van der Waals surface area contributed by atoms with Gasteiger partial charge in [-0.3, -0.25) is 0 Å². The molecule has 6 nitrogen and oxygen atoms in total. The van der Waals surface area contributed by atoms with E-state index >= 15 is 0 Å². The summed E-state index contributed by atoms with van der Waals surface area (Å²) in [6, 6.07) is 12.1. The smallest absolute Gasteiger partial charge is 0.335 e. The van der Waals surface area contributed by atoms with Crippen molar-refractivity contribution in [1.82, 2.24) is 4.57 Å². The van der Waals surface area contributed by atoms with E-state index in [0.717, 1.165) is 43.9 Å². The Kier molecular flexibility index (Phi) is 5.73. The third-order valence-electron chi connectivity index (χ3n) is 8.87. The maximum Gasteiger partial charge on any atom is 0.335 e. The predicted molar refractivity (Wildman–Crippen MR) is 143 cm³/mol. The van der Waals surface area contributed by atoms with Crippen molar-refractivity contribution in [3.05, 3.63) is 77.0 Å². The van der Waals surface area contributed by atoms with Crippen LogP contribution in [0.1, 0.15) is 53.7 Å². The molecule has 0 spiro atoms. The van der Waals surface area contributed by atoms with Crippen LogP contribution in [0.2, 0.25) is 0 Å². The van der Waals surface area contributed by atoms with Crippen LogP contribution in [0.15, 0.2) is 48.5 Å². The quantitative estimate of drug-likeness (QED) is 0.282. The van der Waals surface area contributed by atoms with Gasteiger partial charge in [0.1, 0.15) is 11.6 Å². The molecule has 8 heteroatoms. The van der Waals surface area contributed by atoms with Gasteiger partial charge in [-0.15, -0.1) is 0 Å². The van der Waals surface area contributed by atoms with Crippen LogP contribution in [0.3, 0.4) is 0 Å². The Morgan fingerprint density at radius 1 is 1.00 bits per heavy atom. The zero-order valence-corrected chi connectivity index (χ0v) is 22.0. The lowest BCUT2D eigenvalue weighted by Gasteiger charge is -2.30. The number of benzene rings is 3. The first-order chi connectivity index (χ1) is 18.6. The van der Waals surface area contributed by atoms with Gasteiger partial charge in [-0.05, 0) is 74.4 Å². The zero-order chi connectivity index (χ0) is 27.7. The highest BCUT2D eigenvalue weighted by molar-refractivity contribution is 6.04. The van der Waals surface area contributed by atoms with Crippen molar-refractivity contribution >= 4 is 16.9 Å². The van der Waals surface area contributed by atoms with E-state index in [4.69, 9.17) is 9.47 Å². The standard InChI is InChI=1S/C31H29F2NO5/c1-17-12-18(4-6-21(17)29(36)37)26-27-23(13-19(32)14-24(27)35)34(20-5-7-22(33)25(15-20)38-2)28(26)30-8-10-31(16-30,39-3)11-9-30/h4-7,12-15,35H,8-11,16H2,1-3H3,(H,36,37). The molecule has 2 N–H and O–H groups in total. The van der Waals surface area contributed by atoms with Crippen LogP contribution in [0.25, 0.3) is 27.7 Å². The van der Waals surface area contributed by atoms with Crippen LogP contribution in [0, 0.1) is 18.6 Å². The van der Waals surface area contributed by atoms with Gasteiger partial charge in [0.2, 0.25) is 0 Å². The molecule has 0 aliphatic heterocycles. The van der Waals surface area contributed by atoms with Crippen molar-refractivity contribution in [3.8, 4) is 28.3 Å². The molecule has 2 aliphatic carbocycles. The average Bonchev–Trinajstić information content (AvgIpc) is 3.58. The van der Waals surface area contributed by atoms with Gasteiger partial charge in [0.15, 0.2) is 11.6 Å². The predicted octanol–water partition coefficient (Wildman–Crippen LogP) is 6.90. The number of ether oxygens (including phenoxy) is 2. The van der Waals surface area contributed by atoms with Crippen LogP contribution in [0.4, 0.5) is 8.78 Å². The molecule has 1 heterocycles. The summed E-state index contributed by atoms with van der Waals surface area (Å²) in [5, 5.41) is 21.3. The van der Waals surface area contributed by atoms with Gasteiger partial charge in [0.25, 0.3) is 0 Å². The minimum absolute atomic E-state index is 0.0470. The molecule has 202 valence electrons. The molecule has 0 unspecified atom stereocenters. The number of carboxylic acid groups (broad SMARTS) is 1. The molecule has 3 aromatic carbocycles. The first-order valence-electron chi connectivity index (χ1n) is 12.9. The molecule has 0 amide bonds. The molecular weight excluding hydrogens is 504 g/mol. The first kappa shape index (κ1) is 25.4. The summed E-state index contributed by atoms with van der Waals surface area (Å²) in [7, 11) is 3.12. The lowest BCUT2D eigenvalue weighted by Crippen LogP contribution is -2.24. The van der Waals surface area contributed by atoms with Crippen molar-refractivity contribution in [1.29, 1.82) is 0 Å². The summed E-state index contributed by atoms with van der Waals surface area (Å²) in [6.07, 6.45) is 4.09. The average molecular weight is 534 g/mol. The maximum absolute atomic E-state index is 14.9. The molecule has 0 radical (unpaired) electrons. The van der Waals surface area contributed by atoms with E-state index in [1.54, 1.807) is 44.4 Å². The molecule has 6 rings (SSSR count). The van der Waals surface area contributed by atoms with Gasteiger partial charge < -0.3 is 24.3 Å². The lowest BCUT2D eigenvalue weighted by molar-refractivity contribution is -0.000311. The highest BCUT2D eigenvalue weighted by Crippen LogP contribution is 2.62. The number of aromatic carboxylic acids is 1. The second-order valence-electron chi connectivity index (χ2n) is 10.9. The lowest BCUT2D eigenvalue weighted by atomic mass is 9.77. The number of nitrogens with zero attached hydrogens (tertiary/aromatic N) is 1. The van der Waals surface area contributed by atoms with E-state index in [0.29, 0.717) is 33.3 Å². The summed E-state index contributed by atoms with van der Waals surface area (Å²) < 4.78 is 42.6. The third kappa shape index (κ3) is 3.72. The van der Waals surface area contributed by atoms with Crippen LogP contribution < -0.4 is 4.74 Å². The number of hydrogen-bond donors (Lipinski definition) is 2. The SMILES string of the molecule is COc1cc(-n2c(C34CCC(OC)(CC3)C4)c(-c3ccc(C(=O)O)c(C)c3)c3c(O)cc(F)cc32)ccc1F. The number of aromatic nitrogens is 1. The molecule has 2 aliphatic rings. The molecule has 39 heavy (non-hydrogen) atoms. The highest BCUT2D eigenvalue weighted by atomic mass is 19.1. The second kappa shape index (κ2) is 8.81. The topological polar surface area (TPSA) is 80.9 Å². The minimum atomic E-state index is -1.03. The third-order valence-corrected chi connectivity index (χ3v) is 8.87. The number of hydrogen-bond acceptors (Lipinski definition) is 4. The van der Waals surface area contributed by atoms with Crippen molar-refractivity contribution in [2.24, 2.45) is 0 Å². The highest BCUT2D eigenvalue weighted by Gasteiger charge is 2.57. The van der Waals surface area contributed by atoms with Gasteiger partial charge in [-0.1, -0.05) is 12.1 Å². The van der Waals surface area contributed by atoms with Gasteiger partial charge in [0, 0.05) is 41.6 Å². The number of fused-ring (bicyclic) bond motifs is 3. The molecule has 0 saturated heterocycles. The Balaban J connectivity index is 1.76. The van der Waals surface area contributed by atoms with Gasteiger partial charge in [-0.2, -0.15) is 0 Å².